The number of thiazole rings is 1. The number of amides is 1. The highest BCUT2D eigenvalue weighted by atomic mass is 32.1. The van der Waals surface area contributed by atoms with Crippen LogP contribution in [0.1, 0.15) is 32.5 Å². The van der Waals surface area contributed by atoms with Crippen LogP contribution in [0.15, 0.2) is 73.3 Å². The van der Waals surface area contributed by atoms with Crippen molar-refractivity contribution in [2.24, 2.45) is 0 Å². The van der Waals surface area contributed by atoms with Gasteiger partial charge in [-0.3, -0.25) is 14.5 Å². The summed E-state index contributed by atoms with van der Waals surface area (Å²) in [5.74, 6) is -2.53. The number of aromatic nitrogens is 1. The minimum Gasteiger partial charge on any atom is -0.507 e. The average molecular weight is 563 g/mol. The van der Waals surface area contributed by atoms with Crippen LogP contribution in [0, 0.1) is 6.92 Å². The fourth-order valence-electron chi connectivity index (χ4n) is 4.10. The van der Waals surface area contributed by atoms with E-state index in [1.807, 2.05) is 0 Å². The number of esters is 1. The third-order valence-electron chi connectivity index (χ3n) is 5.97. The molecule has 10 nitrogen and oxygen atoms in total. The lowest BCUT2D eigenvalue weighted by Gasteiger charge is -2.23. The van der Waals surface area contributed by atoms with Crippen molar-refractivity contribution in [1.82, 2.24) is 4.98 Å². The number of ether oxygens (including phenoxy) is 3. The molecule has 0 bridgehead atoms. The Morgan fingerprint density at radius 1 is 1.12 bits per heavy atom. The van der Waals surface area contributed by atoms with Gasteiger partial charge in [-0.05, 0) is 48.9 Å². The van der Waals surface area contributed by atoms with Gasteiger partial charge in [0.25, 0.3) is 5.78 Å². The Balaban J connectivity index is 1.87. The lowest BCUT2D eigenvalue weighted by atomic mass is 9.95. The molecule has 1 aromatic heterocycles. The summed E-state index contributed by atoms with van der Waals surface area (Å²) in [6.07, 6.45) is 3.01. The SMILES string of the molecule is C=CCOC(=O)c1sc(N2C(=O)C(=O)/C(=C(/O)c3ccc(OCC=C)cc3)C2c2ccc(O)c(OC)c2)nc1C. The van der Waals surface area contributed by atoms with Gasteiger partial charge < -0.3 is 24.4 Å². The zero-order valence-corrected chi connectivity index (χ0v) is 22.6. The second-order valence-electron chi connectivity index (χ2n) is 8.52. The number of aromatic hydroxyl groups is 1. The Hall–Kier alpha value is -4.90. The van der Waals surface area contributed by atoms with Crippen LogP contribution in [-0.2, 0) is 14.3 Å². The molecule has 11 heteroatoms. The van der Waals surface area contributed by atoms with E-state index in [1.165, 1.54) is 31.4 Å². The predicted octanol–water partition coefficient (Wildman–Crippen LogP) is 4.70. The number of phenolic OH excluding ortho intramolecular Hbond substituents is 1. The molecule has 0 aliphatic carbocycles. The summed E-state index contributed by atoms with van der Waals surface area (Å²) in [7, 11) is 1.36. The molecule has 2 N–H and O–H groups in total. The number of aliphatic hydroxyl groups is 1. The summed E-state index contributed by atoms with van der Waals surface area (Å²) in [6.45, 7) is 8.97. The van der Waals surface area contributed by atoms with Gasteiger partial charge in [0.15, 0.2) is 16.6 Å². The highest BCUT2D eigenvalue weighted by molar-refractivity contribution is 7.17. The van der Waals surface area contributed by atoms with Gasteiger partial charge in [-0.2, -0.15) is 0 Å². The first-order valence-corrected chi connectivity index (χ1v) is 12.8. The van der Waals surface area contributed by atoms with Gasteiger partial charge in [-0.25, -0.2) is 9.78 Å². The van der Waals surface area contributed by atoms with Crippen molar-refractivity contribution in [3.05, 3.63) is 95.0 Å². The Bertz CT molecular complexity index is 1520. The summed E-state index contributed by atoms with van der Waals surface area (Å²) in [4.78, 5) is 45.1. The number of benzene rings is 2. The van der Waals surface area contributed by atoms with E-state index in [9.17, 15) is 24.6 Å². The van der Waals surface area contributed by atoms with Crippen LogP contribution in [0.2, 0.25) is 0 Å². The lowest BCUT2D eigenvalue weighted by molar-refractivity contribution is -0.132. The number of phenols is 1. The number of carbonyl (C=O) groups excluding carboxylic acids is 3. The van der Waals surface area contributed by atoms with Crippen LogP contribution in [0.4, 0.5) is 5.13 Å². The first kappa shape index (κ1) is 28.1. The number of nitrogens with zero attached hydrogens (tertiary/aromatic N) is 2. The van der Waals surface area contributed by atoms with E-state index in [4.69, 9.17) is 14.2 Å². The number of carbonyl (C=O) groups is 3. The summed E-state index contributed by atoms with van der Waals surface area (Å²) < 4.78 is 15.8. The van der Waals surface area contributed by atoms with E-state index in [0.717, 1.165) is 16.2 Å². The quantitative estimate of drug-likeness (QED) is 0.118. The molecule has 206 valence electrons. The molecule has 1 atom stereocenters. The summed E-state index contributed by atoms with van der Waals surface area (Å²) >= 11 is 0.875. The second-order valence-corrected chi connectivity index (χ2v) is 9.50. The largest absolute Gasteiger partial charge is 0.507 e. The van der Waals surface area contributed by atoms with E-state index in [0.29, 0.717) is 17.0 Å². The van der Waals surface area contributed by atoms with Gasteiger partial charge in [0, 0.05) is 5.56 Å². The Labute approximate surface area is 234 Å². The first-order valence-electron chi connectivity index (χ1n) is 12.0. The zero-order valence-electron chi connectivity index (χ0n) is 21.7. The van der Waals surface area contributed by atoms with Gasteiger partial charge in [0.2, 0.25) is 0 Å². The molecule has 1 unspecified atom stereocenters. The molecule has 1 amide bonds. The van der Waals surface area contributed by atoms with Gasteiger partial charge in [0.1, 0.15) is 29.6 Å². The van der Waals surface area contributed by atoms with Gasteiger partial charge in [-0.15, -0.1) is 0 Å². The van der Waals surface area contributed by atoms with Crippen molar-refractivity contribution >= 4 is 39.9 Å². The third kappa shape index (κ3) is 5.32. The molecule has 1 aliphatic heterocycles. The van der Waals surface area contributed by atoms with Crippen LogP contribution in [0.5, 0.6) is 17.2 Å². The normalized spacial score (nSPS) is 16.1. The van der Waals surface area contributed by atoms with Crippen molar-refractivity contribution in [3.63, 3.8) is 0 Å². The Morgan fingerprint density at radius 3 is 2.48 bits per heavy atom. The number of rotatable bonds is 10. The molecule has 2 heterocycles. The number of methoxy groups -OCH3 is 1. The number of ketones is 1. The van der Waals surface area contributed by atoms with Crippen molar-refractivity contribution < 1.29 is 38.8 Å². The maximum Gasteiger partial charge on any atom is 0.350 e. The fourth-order valence-corrected chi connectivity index (χ4v) is 5.09. The highest BCUT2D eigenvalue weighted by Gasteiger charge is 2.48. The average Bonchev–Trinajstić information content (AvgIpc) is 3.47. The van der Waals surface area contributed by atoms with E-state index in [2.05, 4.69) is 18.1 Å². The number of hydrogen-bond donors (Lipinski definition) is 2. The standard InChI is InChI=1S/C29H26N2O8S/c1-5-13-38-19-10-7-17(8-11-19)24(33)22-23(18-9-12-20(32)21(15-18)37-4)31(27(35)25(22)34)29-30-16(3)26(40-29)28(36)39-14-6-2/h5-12,15,23,32-33H,1-2,13-14H2,3-4H3/b24-22+. The maximum absolute atomic E-state index is 13.5. The van der Waals surface area contributed by atoms with Crippen molar-refractivity contribution in [1.29, 1.82) is 0 Å². The molecule has 1 aliphatic rings. The Kier molecular flexibility index (Phi) is 8.34. The van der Waals surface area contributed by atoms with Crippen LogP contribution < -0.4 is 14.4 Å². The summed E-state index contributed by atoms with van der Waals surface area (Å²) in [6, 6.07) is 9.48. The summed E-state index contributed by atoms with van der Waals surface area (Å²) in [5, 5.41) is 21.5. The monoisotopic (exact) mass is 562 g/mol. The van der Waals surface area contributed by atoms with Gasteiger partial charge in [-0.1, -0.05) is 42.7 Å². The van der Waals surface area contributed by atoms with Crippen LogP contribution in [-0.4, -0.2) is 53.2 Å². The zero-order chi connectivity index (χ0) is 29.0. The van der Waals surface area contributed by atoms with Crippen LogP contribution in [0.25, 0.3) is 5.76 Å². The molecule has 1 saturated heterocycles. The van der Waals surface area contributed by atoms with E-state index in [-0.39, 0.29) is 45.9 Å². The minimum absolute atomic E-state index is 0.0132. The topological polar surface area (TPSA) is 135 Å². The van der Waals surface area contributed by atoms with Crippen molar-refractivity contribution in [2.45, 2.75) is 13.0 Å². The van der Waals surface area contributed by atoms with Crippen molar-refractivity contribution in [3.8, 4) is 17.2 Å². The van der Waals surface area contributed by atoms with Gasteiger partial charge >= 0.3 is 11.9 Å². The molecule has 4 rings (SSSR count). The first-order chi connectivity index (χ1) is 19.2. The molecular formula is C29H26N2O8S. The number of Topliss-reactive ketones (excluding diaryl/α,β-unsaturated/α-hetero) is 1. The van der Waals surface area contributed by atoms with Crippen LogP contribution in [0.3, 0.4) is 0 Å². The predicted molar refractivity (Wildman–Crippen MR) is 149 cm³/mol. The van der Waals surface area contributed by atoms with E-state index < -0.39 is 29.5 Å². The molecule has 1 fully saturated rings. The van der Waals surface area contributed by atoms with Crippen molar-refractivity contribution in [2.75, 3.05) is 25.2 Å². The molecule has 0 spiro atoms. The van der Waals surface area contributed by atoms with Crippen LogP contribution >= 0.6 is 11.3 Å². The lowest BCUT2D eigenvalue weighted by Crippen LogP contribution is -2.29. The number of aliphatic hydroxyl groups excluding tert-OH is 1. The number of hydrogen-bond acceptors (Lipinski definition) is 10. The highest BCUT2D eigenvalue weighted by Crippen LogP contribution is 2.45. The number of anilines is 1. The minimum atomic E-state index is -1.16. The molecule has 0 saturated carbocycles. The molecule has 0 radical (unpaired) electrons. The van der Waals surface area contributed by atoms with E-state index >= 15 is 0 Å². The fraction of sp³-hybridized carbons (Fsp3) is 0.172. The maximum atomic E-state index is 13.5. The van der Waals surface area contributed by atoms with Gasteiger partial charge in [0.05, 0.1) is 24.4 Å². The number of aryl methyl sites for hydroxylation is 1. The molecule has 40 heavy (non-hydrogen) atoms. The Morgan fingerprint density at radius 2 is 1.82 bits per heavy atom. The third-order valence-corrected chi connectivity index (χ3v) is 7.11. The second kappa shape index (κ2) is 11.9. The molecule has 2 aromatic carbocycles. The molecular weight excluding hydrogens is 536 g/mol. The smallest absolute Gasteiger partial charge is 0.350 e. The summed E-state index contributed by atoms with van der Waals surface area (Å²) in [5.41, 5.74) is 0.711. The molecule has 3 aromatic rings. The van der Waals surface area contributed by atoms with E-state index in [1.54, 1.807) is 37.3 Å².